The molecule has 0 saturated carbocycles. The van der Waals surface area contributed by atoms with Gasteiger partial charge in [-0.25, -0.2) is 0 Å². The van der Waals surface area contributed by atoms with Crippen molar-refractivity contribution in [3.8, 4) is 5.75 Å². The summed E-state index contributed by atoms with van der Waals surface area (Å²) in [4.78, 5) is 28.2. The summed E-state index contributed by atoms with van der Waals surface area (Å²) < 4.78 is 6.25. The first-order chi connectivity index (χ1) is 13.0. The molecule has 2 heterocycles. The summed E-state index contributed by atoms with van der Waals surface area (Å²) in [7, 11) is 0. The van der Waals surface area contributed by atoms with E-state index in [-0.39, 0.29) is 11.8 Å². The smallest absolute Gasteiger partial charge is 0.238 e. The summed E-state index contributed by atoms with van der Waals surface area (Å²) in [6.07, 6.45) is 0.569. The van der Waals surface area contributed by atoms with Gasteiger partial charge in [-0.05, 0) is 30.7 Å². The van der Waals surface area contributed by atoms with Crippen molar-refractivity contribution in [2.75, 3.05) is 12.3 Å². The van der Waals surface area contributed by atoms with Gasteiger partial charge < -0.3 is 15.4 Å². The second-order valence-corrected chi connectivity index (χ2v) is 8.33. The van der Waals surface area contributed by atoms with Gasteiger partial charge >= 0.3 is 0 Å². The number of amides is 2. The van der Waals surface area contributed by atoms with Gasteiger partial charge in [0.1, 0.15) is 11.7 Å². The standard InChI is InChI=1S/C21H22N2O3S/c1-21-13-16(15-9-5-6-10-17(15)26-21)18(19(22)24)20(25)23(21)11-12-27-14-7-3-2-4-8-14/h2-10,16,18H,11-13H2,1H3,(H2,22,24)/t16-,18+,21-/m0/s1. The van der Waals surface area contributed by atoms with Gasteiger partial charge in [-0.1, -0.05) is 36.4 Å². The summed E-state index contributed by atoms with van der Waals surface area (Å²) in [5, 5.41) is 0. The summed E-state index contributed by atoms with van der Waals surface area (Å²) in [6, 6.07) is 17.7. The normalized spacial score (nSPS) is 26.3. The van der Waals surface area contributed by atoms with Gasteiger partial charge in [-0.15, -0.1) is 11.8 Å². The van der Waals surface area contributed by atoms with Gasteiger partial charge in [0.15, 0.2) is 5.72 Å². The predicted octanol–water partition coefficient (Wildman–Crippen LogP) is 3.00. The zero-order valence-electron chi connectivity index (χ0n) is 15.1. The summed E-state index contributed by atoms with van der Waals surface area (Å²) >= 11 is 1.68. The maximum atomic E-state index is 13.2. The summed E-state index contributed by atoms with van der Waals surface area (Å²) in [5.74, 6) is -0.426. The van der Waals surface area contributed by atoms with Crippen LogP contribution in [0.15, 0.2) is 59.5 Å². The fraction of sp³-hybridized carbons (Fsp3) is 0.333. The van der Waals surface area contributed by atoms with Crippen LogP contribution in [0.5, 0.6) is 5.75 Å². The van der Waals surface area contributed by atoms with E-state index in [1.807, 2.05) is 61.5 Å². The highest BCUT2D eigenvalue weighted by Crippen LogP contribution is 2.50. The molecule has 1 fully saturated rings. The molecular weight excluding hydrogens is 360 g/mol. The molecule has 0 unspecified atom stereocenters. The van der Waals surface area contributed by atoms with Crippen molar-refractivity contribution in [2.24, 2.45) is 11.7 Å². The Morgan fingerprint density at radius 3 is 2.67 bits per heavy atom. The number of nitrogens with zero attached hydrogens (tertiary/aromatic N) is 1. The highest BCUT2D eigenvalue weighted by molar-refractivity contribution is 7.99. The monoisotopic (exact) mass is 382 g/mol. The largest absolute Gasteiger partial charge is 0.468 e. The zero-order chi connectivity index (χ0) is 19.0. The molecule has 2 aromatic carbocycles. The maximum Gasteiger partial charge on any atom is 0.238 e. The number of carbonyl (C=O) groups is 2. The van der Waals surface area contributed by atoms with Crippen molar-refractivity contribution in [3.05, 3.63) is 60.2 Å². The molecular formula is C21H22N2O3S. The minimum absolute atomic E-state index is 0.232. The van der Waals surface area contributed by atoms with E-state index in [0.29, 0.717) is 18.7 Å². The van der Waals surface area contributed by atoms with Crippen LogP contribution in [0.2, 0.25) is 0 Å². The molecule has 0 spiro atoms. The lowest BCUT2D eigenvalue weighted by atomic mass is 9.73. The number of para-hydroxylation sites is 1. The quantitative estimate of drug-likeness (QED) is 0.637. The SMILES string of the molecule is C[C@@]12C[C@@H](c3ccccc3O1)[C@H](C(N)=O)C(=O)N2CCSc1ccccc1. The lowest BCUT2D eigenvalue weighted by Gasteiger charge is -2.52. The van der Waals surface area contributed by atoms with Crippen molar-refractivity contribution < 1.29 is 14.3 Å². The van der Waals surface area contributed by atoms with Crippen molar-refractivity contribution in [1.29, 1.82) is 0 Å². The van der Waals surface area contributed by atoms with Crippen LogP contribution < -0.4 is 10.5 Å². The lowest BCUT2D eigenvalue weighted by molar-refractivity contribution is -0.174. The molecule has 6 heteroatoms. The number of benzene rings is 2. The predicted molar refractivity (Wildman–Crippen MR) is 104 cm³/mol. The molecule has 4 rings (SSSR count). The Balaban J connectivity index is 1.60. The van der Waals surface area contributed by atoms with Crippen molar-refractivity contribution in [2.45, 2.75) is 29.9 Å². The van der Waals surface area contributed by atoms with Gasteiger partial charge in [0.05, 0.1) is 0 Å². The number of rotatable bonds is 5. The minimum Gasteiger partial charge on any atom is -0.468 e. The molecule has 0 radical (unpaired) electrons. The fourth-order valence-electron chi connectivity index (χ4n) is 4.15. The fourth-order valence-corrected chi connectivity index (χ4v) is 5.01. The molecule has 1 saturated heterocycles. The topological polar surface area (TPSA) is 72.6 Å². The summed E-state index contributed by atoms with van der Waals surface area (Å²) in [5.41, 5.74) is 5.77. The number of carbonyl (C=O) groups excluding carboxylic acids is 2. The Morgan fingerprint density at radius 2 is 1.93 bits per heavy atom. The van der Waals surface area contributed by atoms with Gasteiger partial charge in [0, 0.05) is 29.5 Å². The van der Waals surface area contributed by atoms with Gasteiger partial charge in [0.2, 0.25) is 11.8 Å². The number of fused-ring (bicyclic) bond motifs is 4. The molecule has 2 aromatic rings. The number of likely N-dealkylation sites (tertiary alicyclic amines) is 1. The van der Waals surface area contributed by atoms with Crippen LogP contribution in [-0.2, 0) is 9.59 Å². The molecule has 2 aliphatic rings. The third-order valence-electron chi connectivity index (χ3n) is 5.39. The number of ether oxygens (including phenoxy) is 1. The summed E-state index contributed by atoms with van der Waals surface area (Å²) in [6.45, 7) is 2.42. The highest BCUT2D eigenvalue weighted by Gasteiger charge is 2.55. The zero-order valence-corrected chi connectivity index (χ0v) is 15.9. The molecule has 5 nitrogen and oxygen atoms in total. The number of hydrogen-bond donors (Lipinski definition) is 1. The van der Waals surface area contributed by atoms with Crippen LogP contribution in [0.25, 0.3) is 0 Å². The Hall–Kier alpha value is -2.47. The van der Waals surface area contributed by atoms with Crippen LogP contribution in [0, 0.1) is 5.92 Å². The number of primary amides is 1. The highest BCUT2D eigenvalue weighted by atomic mass is 32.2. The Bertz CT molecular complexity index is 873. The minimum atomic E-state index is -0.843. The van der Waals surface area contributed by atoms with Crippen LogP contribution in [0.4, 0.5) is 0 Å². The van der Waals surface area contributed by atoms with Gasteiger partial charge in [0.25, 0.3) is 0 Å². The molecule has 2 bridgehead atoms. The van der Waals surface area contributed by atoms with Gasteiger partial charge in [-0.3, -0.25) is 9.59 Å². The van der Waals surface area contributed by atoms with E-state index in [4.69, 9.17) is 10.5 Å². The molecule has 2 amide bonds. The van der Waals surface area contributed by atoms with E-state index in [1.165, 1.54) is 0 Å². The van der Waals surface area contributed by atoms with E-state index in [9.17, 15) is 9.59 Å². The van der Waals surface area contributed by atoms with Crippen molar-refractivity contribution in [1.82, 2.24) is 4.90 Å². The third kappa shape index (κ3) is 3.18. The van der Waals surface area contributed by atoms with Crippen LogP contribution in [0.1, 0.15) is 24.8 Å². The second-order valence-electron chi connectivity index (χ2n) is 7.16. The van der Waals surface area contributed by atoms with E-state index in [1.54, 1.807) is 16.7 Å². The van der Waals surface area contributed by atoms with Crippen molar-refractivity contribution in [3.63, 3.8) is 0 Å². The molecule has 0 aromatic heterocycles. The molecule has 27 heavy (non-hydrogen) atoms. The van der Waals surface area contributed by atoms with E-state index >= 15 is 0 Å². The third-order valence-corrected chi connectivity index (χ3v) is 6.38. The average molecular weight is 382 g/mol. The first-order valence-corrected chi connectivity index (χ1v) is 10.0. The Labute approximate surface area is 162 Å². The Kier molecular flexibility index (Phi) is 4.60. The van der Waals surface area contributed by atoms with Crippen LogP contribution >= 0.6 is 11.8 Å². The van der Waals surface area contributed by atoms with Gasteiger partial charge in [-0.2, -0.15) is 0 Å². The van der Waals surface area contributed by atoms with Crippen molar-refractivity contribution >= 4 is 23.6 Å². The van der Waals surface area contributed by atoms with Crippen LogP contribution in [-0.4, -0.2) is 34.7 Å². The first-order valence-electron chi connectivity index (χ1n) is 9.06. The van der Waals surface area contributed by atoms with Crippen LogP contribution in [0.3, 0.4) is 0 Å². The number of nitrogens with two attached hydrogens (primary N) is 1. The average Bonchev–Trinajstić information content (AvgIpc) is 2.65. The molecule has 140 valence electrons. The Morgan fingerprint density at radius 1 is 1.22 bits per heavy atom. The molecule has 2 N–H and O–H groups in total. The van der Waals surface area contributed by atoms with E-state index in [0.717, 1.165) is 16.2 Å². The second kappa shape index (κ2) is 6.93. The number of piperidine rings is 1. The molecule has 2 aliphatic heterocycles. The maximum absolute atomic E-state index is 13.2. The number of hydrogen-bond acceptors (Lipinski definition) is 4. The lowest BCUT2D eigenvalue weighted by Crippen LogP contribution is -2.64. The van der Waals surface area contributed by atoms with E-state index < -0.39 is 17.6 Å². The number of thioether (sulfide) groups is 1. The molecule has 0 aliphatic carbocycles. The van der Waals surface area contributed by atoms with E-state index in [2.05, 4.69) is 0 Å². The molecule has 3 atom stereocenters. The first kappa shape index (κ1) is 17.9.